The van der Waals surface area contributed by atoms with Crippen molar-refractivity contribution < 1.29 is 4.42 Å². The maximum Gasteiger partial charge on any atom is 0.192 e. The van der Waals surface area contributed by atoms with E-state index in [1.54, 1.807) is 12.1 Å². The summed E-state index contributed by atoms with van der Waals surface area (Å²) >= 11 is 0. The van der Waals surface area contributed by atoms with Gasteiger partial charge in [-0.3, -0.25) is 0 Å². The summed E-state index contributed by atoms with van der Waals surface area (Å²) < 4.78 is 5.49. The fraction of sp³-hybridized carbons (Fsp3) is 0.412. The molecular formula is C17H14N4O. The van der Waals surface area contributed by atoms with Crippen LogP contribution in [0.15, 0.2) is 34.5 Å². The lowest BCUT2D eigenvalue weighted by Gasteiger charge is -2.44. The van der Waals surface area contributed by atoms with Crippen molar-refractivity contribution in [3.63, 3.8) is 0 Å². The lowest BCUT2D eigenvalue weighted by Crippen LogP contribution is -2.48. The van der Waals surface area contributed by atoms with Crippen LogP contribution in [-0.4, -0.2) is 5.71 Å². The van der Waals surface area contributed by atoms with E-state index >= 15 is 0 Å². The second kappa shape index (κ2) is 5.17. The molecule has 3 rings (SSSR count). The summed E-state index contributed by atoms with van der Waals surface area (Å²) in [5, 5.41) is 37.2. The molecule has 0 aliphatic heterocycles. The van der Waals surface area contributed by atoms with Crippen molar-refractivity contribution in [2.45, 2.75) is 25.2 Å². The van der Waals surface area contributed by atoms with Gasteiger partial charge in [-0.2, -0.15) is 15.8 Å². The van der Waals surface area contributed by atoms with Gasteiger partial charge in [0.2, 0.25) is 0 Å². The maximum absolute atomic E-state index is 9.70. The molecule has 0 spiro atoms. The van der Waals surface area contributed by atoms with Gasteiger partial charge in [-0.25, -0.2) is 0 Å². The predicted molar refractivity (Wildman–Crippen MR) is 77.4 cm³/mol. The molecule has 1 heterocycles. The van der Waals surface area contributed by atoms with Crippen LogP contribution in [-0.2, 0) is 0 Å². The van der Waals surface area contributed by atoms with Crippen molar-refractivity contribution in [1.29, 1.82) is 21.2 Å². The Hall–Kier alpha value is -2.84. The summed E-state index contributed by atoms with van der Waals surface area (Å²) in [5.74, 6) is -0.864. The molecule has 0 saturated heterocycles. The first-order valence-corrected chi connectivity index (χ1v) is 7.24. The quantitative estimate of drug-likeness (QED) is 0.800. The number of rotatable bonds is 1. The number of nitrogens with zero attached hydrogens (tertiary/aromatic N) is 3. The summed E-state index contributed by atoms with van der Waals surface area (Å²) in [7, 11) is 0. The van der Waals surface area contributed by atoms with Gasteiger partial charge in [-0.15, -0.1) is 0 Å². The van der Waals surface area contributed by atoms with Crippen LogP contribution < -0.4 is 0 Å². The highest BCUT2D eigenvalue weighted by molar-refractivity contribution is 6.00. The Morgan fingerprint density at radius 2 is 2.05 bits per heavy atom. The van der Waals surface area contributed by atoms with Crippen LogP contribution in [0.3, 0.4) is 0 Å². The normalized spacial score (nSPS) is 29.4. The highest BCUT2D eigenvalue weighted by atomic mass is 16.3. The van der Waals surface area contributed by atoms with Crippen LogP contribution in [0.5, 0.6) is 0 Å². The van der Waals surface area contributed by atoms with Crippen LogP contribution in [0.1, 0.15) is 30.9 Å². The Morgan fingerprint density at radius 3 is 2.64 bits per heavy atom. The summed E-state index contributed by atoms with van der Waals surface area (Å²) in [6, 6.07) is 9.65. The van der Waals surface area contributed by atoms with E-state index in [1.807, 2.05) is 18.2 Å². The molecule has 108 valence electrons. The minimum absolute atomic E-state index is 0.0991. The van der Waals surface area contributed by atoms with Gasteiger partial charge in [0.05, 0.1) is 36.1 Å². The average molecular weight is 290 g/mol. The van der Waals surface area contributed by atoms with Gasteiger partial charge in [-0.05, 0) is 42.9 Å². The Kier molecular flexibility index (Phi) is 3.32. The molecule has 1 N–H and O–H groups in total. The molecule has 1 aromatic heterocycles. The monoisotopic (exact) mass is 290 g/mol. The zero-order valence-corrected chi connectivity index (χ0v) is 11.9. The molecule has 5 heteroatoms. The number of hydrogen-bond acceptors (Lipinski definition) is 5. The third kappa shape index (κ3) is 1.71. The molecule has 0 aromatic carbocycles. The van der Waals surface area contributed by atoms with Crippen molar-refractivity contribution in [3.8, 4) is 18.2 Å². The number of allylic oxidation sites excluding steroid dienone is 2. The molecule has 22 heavy (non-hydrogen) atoms. The van der Waals surface area contributed by atoms with Crippen LogP contribution in [0.25, 0.3) is 0 Å². The highest BCUT2D eigenvalue weighted by Crippen LogP contribution is 2.55. The summed E-state index contributed by atoms with van der Waals surface area (Å²) in [5.41, 5.74) is -0.885. The standard InChI is InChI=1S/C17H14N4O/c18-8-13-11-4-1-2-5-12(11)15(14-6-3-7-22-14)17(9-19,10-20)16(13)21/h3-4,6-7,12-13,15,21H,1-2,5H2/t12-,13-,15-/m0/s1. The van der Waals surface area contributed by atoms with E-state index in [0.717, 1.165) is 24.8 Å². The summed E-state index contributed by atoms with van der Waals surface area (Å²) in [6.07, 6.45) is 6.14. The van der Waals surface area contributed by atoms with Crippen molar-refractivity contribution in [2.24, 2.45) is 17.3 Å². The second-order valence-electron chi connectivity index (χ2n) is 5.74. The van der Waals surface area contributed by atoms with E-state index in [9.17, 15) is 15.8 Å². The van der Waals surface area contributed by atoms with E-state index in [4.69, 9.17) is 9.83 Å². The zero-order valence-electron chi connectivity index (χ0n) is 11.9. The average Bonchev–Trinajstić information content (AvgIpc) is 3.08. The van der Waals surface area contributed by atoms with Gasteiger partial charge < -0.3 is 9.83 Å². The molecule has 1 saturated carbocycles. The van der Waals surface area contributed by atoms with Gasteiger partial charge in [0.15, 0.2) is 5.41 Å². The Bertz CT molecular complexity index is 740. The molecule has 2 aliphatic rings. The Labute approximate surface area is 128 Å². The Morgan fingerprint density at radius 1 is 1.27 bits per heavy atom. The van der Waals surface area contributed by atoms with Crippen LogP contribution in [0, 0.1) is 56.7 Å². The number of hydrogen-bond donors (Lipinski definition) is 1. The topological polar surface area (TPSA) is 108 Å². The minimum atomic E-state index is -1.64. The highest BCUT2D eigenvalue weighted by Gasteiger charge is 2.58. The van der Waals surface area contributed by atoms with Crippen LogP contribution in [0.4, 0.5) is 0 Å². The molecule has 1 fully saturated rings. The van der Waals surface area contributed by atoms with E-state index in [2.05, 4.69) is 6.07 Å². The van der Waals surface area contributed by atoms with Gasteiger partial charge in [0, 0.05) is 0 Å². The lowest BCUT2D eigenvalue weighted by molar-refractivity contribution is 0.279. The zero-order chi connectivity index (χ0) is 15.7. The van der Waals surface area contributed by atoms with Crippen molar-refractivity contribution in [1.82, 2.24) is 0 Å². The third-order valence-corrected chi connectivity index (χ3v) is 4.77. The predicted octanol–water partition coefficient (Wildman–Crippen LogP) is 3.30. The molecule has 2 aliphatic carbocycles. The largest absolute Gasteiger partial charge is 0.469 e. The first kappa shape index (κ1) is 14.1. The Balaban J connectivity index is 2.25. The van der Waals surface area contributed by atoms with Crippen LogP contribution >= 0.6 is 0 Å². The van der Waals surface area contributed by atoms with Gasteiger partial charge in [0.25, 0.3) is 0 Å². The van der Waals surface area contributed by atoms with Crippen LogP contribution in [0.2, 0.25) is 0 Å². The maximum atomic E-state index is 9.70. The fourth-order valence-corrected chi connectivity index (χ4v) is 3.78. The first-order chi connectivity index (χ1) is 10.7. The van der Waals surface area contributed by atoms with E-state index in [-0.39, 0.29) is 11.6 Å². The number of furan rings is 1. The van der Waals surface area contributed by atoms with Crippen molar-refractivity contribution in [3.05, 3.63) is 35.8 Å². The van der Waals surface area contributed by atoms with E-state index < -0.39 is 17.3 Å². The minimum Gasteiger partial charge on any atom is -0.469 e. The summed E-state index contributed by atoms with van der Waals surface area (Å²) in [4.78, 5) is 0. The van der Waals surface area contributed by atoms with Crippen molar-refractivity contribution >= 4 is 5.71 Å². The molecule has 5 nitrogen and oxygen atoms in total. The van der Waals surface area contributed by atoms with E-state index in [1.165, 1.54) is 6.26 Å². The number of nitrogens with one attached hydrogen (secondary N) is 1. The lowest BCUT2D eigenvalue weighted by atomic mass is 9.54. The molecule has 0 amide bonds. The molecular weight excluding hydrogens is 276 g/mol. The van der Waals surface area contributed by atoms with E-state index in [0.29, 0.717) is 5.76 Å². The molecule has 0 radical (unpaired) electrons. The second-order valence-corrected chi connectivity index (χ2v) is 5.74. The molecule has 0 unspecified atom stereocenters. The van der Waals surface area contributed by atoms with Gasteiger partial charge in [0.1, 0.15) is 11.7 Å². The van der Waals surface area contributed by atoms with Gasteiger partial charge >= 0.3 is 0 Å². The SMILES string of the molecule is N#C[C@@H]1C(=N)C(C#N)(C#N)[C@H](c2ccco2)[C@H]2CCCC=C12. The molecule has 0 bridgehead atoms. The molecule has 1 aromatic rings. The number of fused-ring (bicyclic) bond motifs is 1. The first-order valence-electron chi connectivity index (χ1n) is 7.24. The smallest absolute Gasteiger partial charge is 0.192 e. The van der Waals surface area contributed by atoms with Crippen molar-refractivity contribution in [2.75, 3.05) is 0 Å². The summed E-state index contributed by atoms with van der Waals surface area (Å²) in [6.45, 7) is 0. The molecule has 3 atom stereocenters. The van der Waals surface area contributed by atoms with Gasteiger partial charge in [-0.1, -0.05) is 6.08 Å². The third-order valence-electron chi connectivity index (χ3n) is 4.77. The number of nitriles is 3. The fourth-order valence-electron chi connectivity index (χ4n) is 3.78.